The van der Waals surface area contributed by atoms with Crippen LogP contribution in [0.4, 0.5) is 21.8 Å². The number of halogens is 1. The van der Waals surface area contributed by atoms with Gasteiger partial charge in [0.15, 0.2) is 0 Å². The van der Waals surface area contributed by atoms with E-state index in [0.29, 0.717) is 18.1 Å². The molecule has 1 fully saturated rings. The Hall–Kier alpha value is -3.34. The summed E-state index contributed by atoms with van der Waals surface area (Å²) in [5, 5.41) is 12.8. The van der Waals surface area contributed by atoms with Crippen molar-refractivity contribution in [3.63, 3.8) is 0 Å². The fourth-order valence-corrected chi connectivity index (χ4v) is 2.76. The number of primary amides is 1. The van der Waals surface area contributed by atoms with E-state index in [1.165, 1.54) is 23.2 Å². The molecule has 0 spiro atoms. The maximum atomic E-state index is 13.4. The van der Waals surface area contributed by atoms with E-state index in [2.05, 4.69) is 20.3 Å². The van der Waals surface area contributed by atoms with Gasteiger partial charge in [-0.05, 0) is 13.8 Å². The summed E-state index contributed by atoms with van der Waals surface area (Å²) in [5.41, 5.74) is 4.71. The number of carbonyl (C=O) groups is 2. The third-order valence-electron chi connectivity index (χ3n) is 4.17. The van der Waals surface area contributed by atoms with Crippen LogP contribution in [0, 0.1) is 5.82 Å². The van der Waals surface area contributed by atoms with Gasteiger partial charge in [0.05, 0.1) is 23.7 Å². The van der Waals surface area contributed by atoms with Crippen LogP contribution < -0.4 is 20.9 Å². The first kappa shape index (κ1) is 20.4. The number of hydrogen-bond donors (Lipinski definition) is 3. The number of pyridine rings is 1. The highest BCUT2D eigenvalue weighted by atomic mass is 19.1. The van der Waals surface area contributed by atoms with Crippen molar-refractivity contribution in [2.45, 2.75) is 19.4 Å². The molecule has 1 aliphatic rings. The van der Waals surface area contributed by atoms with Crippen LogP contribution in [0.1, 0.15) is 24.3 Å². The summed E-state index contributed by atoms with van der Waals surface area (Å²) in [5.74, 6) is -1.10. The minimum absolute atomic E-state index is 0.0162. The summed E-state index contributed by atoms with van der Waals surface area (Å²) < 4.78 is 13.4. The number of aliphatic hydroxyl groups is 1. The first-order valence-corrected chi connectivity index (χ1v) is 8.93. The lowest BCUT2D eigenvalue weighted by atomic mass is 10.1. The highest BCUT2D eigenvalue weighted by molar-refractivity contribution is 5.97. The Kier molecular flexibility index (Phi) is 5.59. The van der Waals surface area contributed by atoms with E-state index in [0.717, 1.165) is 6.20 Å². The third kappa shape index (κ3) is 5.13. The van der Waals surface area contributed by atoms with E-state index < -0.39 is 17.3 Å². The van der Waals surface area contributed by atoms with E-state index in [-0.39, 0.29) is 37.2 Å². The first-order chi connectivity index (χ1) is 13.6. The van der Waals surface area contributed by atoms with Crippen molar-refractivity contribution in [2.24, 2.45) is 5.73 Å². The minimum atomic E-state index is -1.00. The van der Waals surface area contributed by atoms with Crippen molar-refractivity contribution in [3.8, 4) is 0 Å². The molecule has 154 valence electrons. The van der Waals surface area contributed by atoms with Crippen LogP contribution in [0.15, 0.2) is 24.5 Å². The molecular formula is C18H22FN7O3. The smallest absolute Gasteiger partial charge is 0.267 e. The molecule has 3 heterocycles. The Morgan fingerprint density at radius 3 is 2.69 bits per heavy atom. The van der Waals surface area contributed by atoms with Crippen LogP contribution in [-0.2, 0) is 4.79 Å². The number of anilines is 3. The van der Waals surface area contributed by atoms with Gasteiger partial charge in [-0.3, -0.25) is 14.6 Å². The second kappa shape index (κ2) is 7.95. The molecule has 1 saturated heterocycles. The van der Waals surface area contributed by atoms with Crippen LogP contribution in [0.25, 0.3) is 0 Å². The fourth-order valence-electron chi connectivity index (χ4n) is 2.76. The van der Waals surface area contributed by atoms with Crippen LogP contribution >= 0.6 is 0 Å². The van der Waals surface area contributed by atoms with Gasteiger partial charge in [-0.1, -0.05) is 0 Å². The average molecular weight is 403 g/mol. The Morgan fingerprint density at radius 2 is 2.07 bits per heavy atom. The zero-order valence-electron chi connectivity index (χ0n) is 16.1. The van der Waals surface area contributed by atoms with Gasteiger partial charge in [0.2, 0.25) is 11.9 Å². The summed E-state index contributed by atoms with van der Waals surface area (Å²) in [4.78, 5) is 39.5. The van der Waals surface area contributed by atoms with E-state index >= 15 is 0 Å². The molecule has 4 N–H and O–H groups in total. The molecule has 3 rings (SSSR count). The summed E-state index contributed by atoms with van der Waals surface area (Å²) in [6.45, 7) is 3.98. The molecule has 2 aromatic rings. The largest absolute Gasteiger partial charge is 0.389 e. The lowest BCUT2D eigenvalue weighted by Gasteiger charge is -2.34. The summed E-state index contributed by atoms with van der Waals surface area (Å²) >= 11 is 0. The number of rotatable bonds is 6. The minimum Gasteiger partial charge on any atom is -0.389 e. The van der Waals surface area contributed by atoms with Gasteiger partial charge in [0.25, 0.3) is 5.91 Å². The molecule has 1 aliphatic heterocycles. The lowest BCUT2D eigenvalue weighted by Crippen LogP contribution is -2.51. The molecule has 0 aromatic carbocycles. The quantitative estimate of drug-likeness (QED) is 0.620. The van der Waals surface area contributed by atoms with Crippen molar-refractivity contribution < 1.29 is 19.1 Å². The molecule has 2 aromatic heterocycles. The van der Waals surface area contributed by atoms with Gasteiger partial charge in [-0.25, -0.2) is 9.37 Å². The van der Waals surface area contributed by atoms with Crippen molar-refractivity contribution in [1.82, 2.24) is 15.0 Å². The Bertz CT molecular complexity index is 932. The number of nitrogens with two attached hydrogens (primary N) is 1. The molecule has 0 bridgehead atoms. The van der Waals surface area contributed by atoms with Gasteiger partial charge in [-0.15, -0.1) is 0 Å². The Morgan fingerprint density at radius 1 is 1.31 bits per heavy atom. The second-order valence-corrected chi connectivity index (χ2v) is 7.30. The SMILES string of the molecule is CC(C)(O)CNc1cc(C(N)=O)nc(N2CCN(c3cncc(F)c3)C(=O)C2)n1. The summed E-state index contributed by atoms with van der Waals surface area (Å²) in [7, 11) is 0. The maximum Gasteiger partial charge on any atom is 0.267 e. The van der Waals surface area contributed by atoms with Gasteiger partial charge >= 0.3 is 0 Å². The van der Waals surface area contributed by atoms with Crippen LogP contribution in [0.2, 0.25) is 0 Å². The number of nitrogens with one attached hydrogen (secondary N) is 1. The zero-order chi connectivity index (χ0) is 21.2. The van der Waals surface area contributed by atoms with Gasteiger partial charge < -0.3 is 26.0 Å². The molecule has 0 aliphatic carbocycles. The average Bonchev–Trinajstić information content (AvgIpc) is 2.65. The number of hydrogen-bond acceptors (Lipinski definition) is 8. The van der Waals surface area contributed by atoms with Crippen molar-refractivity contribution in [1.29, 1.82) is 0 Å². The topological polar surface area (TPSA) is 138 Å². The Labute approximate surface area is 166 Å². The fraction of sp³-hybridized carbons (Fsp3) is 0.389. The molecule has 0 saturated carbocycles. The van der Waals surface area contributed by atoms with Crippen LogP contribution in [0.5, 0.6) is 0 Å². The normalized spacial score (nSPS) is 14.8. The lowest BCUT2D eigenvalue weighted by molar-refractivity contribution is -0.117. The van der Waals surface area contributed by atoms with Gasteiger partial charge in [0.1, 0.15) is 23.9 Å². The van der Waals surface area contributed by atoms with Crippen molar-refractivity contribution in [3.05, 3.63) is 36.0 Å². The zero-order valence-corrected chi connectivity index (χ0v) is 16.1. The van der Waals surface area contributed by atoms with Crippen molar-refractivity contribution >= 4 is 29.3 Å². The van der Waals surface area contributed by atoms with E-state index in [1.54, 1.807) is 18.7 Å². The van der Waals surface area contributed by atoms with Gasteiger partial charge in [0, 0.05) is 31.8 Å². The van der Waals surface area contributed by atoms with E-state index in [1.807, 2.05) is 0 Å². The van der Waals surface area contributed by atoms with Crippen LogP contribution in [-0.4, -0.2) is 63.7 Å². The molecule has 29 heavy (non-hydrogen) atoms. The number of carbonyl (C=O) groups excluding carboxylic acids is 2. The van der Waals surface area contributed by atoms with Crippen LogP contribution in [0.3, 0.4) is 0 Å². The number of amides is 2. The highest BCUT2D eigenvalue weighted by Gasteiger charge is 2.28. The first-order valence-electron chi connectivity index (χ1n) is 8.93. The number of aromatic nitrogens is 3. The van der Waals surface area contributed by atoms with E-state index in [4.69, 9.17) is 5.73 Å². The highest BCUT2D eigenvalue weighted by Crippen LogP contribution is 2.21. The molecule has 0 radical (unpaired) electrons. The number of nitrogens with zero attached hydrogens (tertiary/aromatic N) is 5. The third-order valence-corrected chi connectivity index (χ3v) is 4.17. The monoisotopic (exact) mass is 403 g/mol. The summed E-state index contributed by atoms with van der Waals surface area (Å²) in [6, 6.07) is 2.62. The molecule has 0 atom stereocenters. The summed E-state index contributed by atoms with van der Waals surface area (Å²) in [6.07, 6.45) is 2.48. The van der Waals surface area contributed by atoms with E-state index in [9.17, 15) is 19.1 Å². The number of piperazine rings is 1. The molecule has 11 heteroatoms. The maximum absolute atomic E-state index is 13.4. The van der Waals surface area contributed by atoms with Gasteiger partial charge in [-0.2, -0.15) is 4.98 Å². The molecule has 2 amide bonds. The standard InChI is InChI=1S/C18H22FN7O3/c1-18(2,29)10-22-14-6-13(16(20)28)23-17(24-14)25-3-4-26(15(27)9-25)12-5-11(19)7-21-8-12/h5-8,29H,3-4,9-10H2,1-2H3,(H2,20,28)(H,22,23,24). The predicted molar refractivity (Wildman–Crippen MR) is 104 cm³/mol. The molecular weight excluding hydrogens is 381 g/mol. The predicted octanol–water partition coefficient (Wildman–Crippen LogP) is 0.146. The second-order valence-electron chi connectivity index (χ2n) is 7.30. The Balaban J connectivity index is 1.80. The molecule has 0 unspecified atom stereocenters. The molecule has 10 nitrogen and oxygen atoms in total. The van der Waals surface area contributed by atoms with Crippen molar-refractivity contribution in [2.75, 3.05) is 41.3 Å².